The number of thiazole rings is 1. The molecule has 0 spiro atoms. The first kappa shape index (κ1) is 13.3. The van der Waals surface area contributed by atoms with Gasteiger partial charge in [-0.15, -0.1) is 0 Å². The maximum atomic E-state index is 11.4. The number of hydrogen-bond acceptors (Lipinski definition) is 5. The van der Waals surface area contributed by atoms with E-state index in [9.17, 15) is 4.79 Å². The lowest BCUT2D eigenvalue weighted by Gasteiger charge is -2.41. The van der Waals surface area contributed by atoms with Crippen molar-refractivity contribution in [3.63, 3.8) is 0 Å². The van der Waals surface area contributed by atoms with Crippen LogP contribution in [0.1, 0.15) is 36.9 Å². The lowest BCUT2D eigenvalue weighted by Crippen LogP contribution is -2.45. The van der Waals surface area contributed by atoms with Crippen LogP contribution >= 0.6 is 11.3 Å². The summed E-state index contributed by atoms with van der Waals surface area (Å²) in [6, 6.07) is 0.470. The molecule has 1 aromatic rings. The number of hydrogen-bond donors (Lipinski definition) is 0. The zero-order valence-corrected chi connectivity index (χ0v) is 12.2. The summed E-state index contributed by atoms with van der Waals surface area (Å²) in [6.45, 7) is 7.79. The van der Waals surface area contributed by atoms with Crippen LogP contribution in [0.2, 0.25) is 0 Å². The highest BCUT2D eigenvalue weighted by atomic mass is 32.1. The minimum atomic E-state index is -0.301. The van der Waals surface area contributed by atoms with E-state index in [1.165, 1.54) is 24.9 Å². The van der Waals surface area contributed by atoms with Gasteiger partial charge in [0.2, 0.25) is 0 Å². The monoisotopic (exact) mass is 268 g/mol. The Labute approximate surface area is 112 Å². The molecule has 0 amide bonds. The Morgan fingerprint density at radius 1 is 1.50 bits per heavy atom. The third-order valence-electron chi connectivity index (χ3n) is 3.72. The van der Waals surface area contributed by atoms with Crippen LogP contribution in [0, 0.1) is 11.8 Å². The van der Waals surface area contributed by atoms with Crippen molar-refractivity contribution in [1.82, 2.24) is 4.98 Å². The zero-order chi connectivity index (χ0) is 13.3. The fourth-order valence-electron chi connectivity index (χ4n) is 2.56. The minimum absolute atomic E-state index is 0.301. The molecule has 3 atom stereocenters. The summed E-state index contributed by atoms with van der Waals surface area (Å²) in [5.74, 6) is 1.02. The Morgan fingerprint density at radius 3 is 2.89 bits per heavy atom. The van der Waals surface area contributed by atoms with E-state index >= 15 is 0 Å². The highest BCUT2D eigenvalue weighted by Crippen LogP contribution is 2.33. The lowest BCUT2D eigenvalue weighted by molar-refractivity contribution is 0.0606. The van der Waals surface area contributed by atoms with Gasteiger partial charge in [0.25, 0.3) is 0 Å². The Kier molecular flexibility index (Phi) is 3.90. The first-order chi connectivity index (χ1) is 8.52. The molecule has 0 radical (unpaired) electrons. The van der Waals surface area contributed by atoms with E-state index in [1.54, 1.807) is 6.20 Å². The molecular formula is C13H20N2O2S. The summed E-state index contributed by atoms with van der Waals surface area (Å²) < 4.78 is 4.72. The molecule has 0 N–H and O–H groups in total. The van der Waals surface area contributed by atoms with Crippen molar-refractivity contribution in [2.75, 3.05) is 18.6 Å². The van der Waals surface area contributed by atoms with Gasteiger partial charge in [-0.3, -0.25) is 0 Å². The molecule has 1 saturated heterocycles. The van der Waals surface area contributed by atoms with E-state index in [4.69, 9.17) is 4.74 Å². The second-order valence-corrected chi connectivity index (χ2v) is 6.22. The van der Waals surface area contributed by atoms with Gasteiger partial charge in [-0.05, 0) is 25.2 Å². The van der Waals surface area contributed by atoms with Crippen molar-refractivity contribution in [2.24, 2.45) is 11.8 Å². The van der Waals surface area contributed by atoms with Gasteiger partial charge in [0.05, 0.1) is 13.3 Å². The van der Waals surface area contributed by atoms with Gasteiger partial charge in [0.1, 0.15) is 4.88 Å². The van der Waals surface area contributed by atoms with Gasteiger partial charge in [-0.25, -0.2) is 9.78 Å². The van der Waals surface area contributed by atoms with Crippen molar-refractivity contribution in [3.8, 4) is 0 Å². The van der Waals surface area contributed by atoms with Gasteiger partial charge in [-0.2, -0.15) is 0 Å². The van der Waals surface area contributed by atoms with Crippen molar-refractivity contribution >= 4 is 22.4 Å². The van der Waals surface area contributed by atoms with Gasteiger partial charge in [0.15, 0.2) is 5.13 Å². The summed E-state index contributed by atoms with van der Waals surface area (Å²) in [6.07, 6.45) is 2.87. The molecule has 5 heteroatoms. The standard InChI is InChI=1S/C13H20N2O2S/c1-8-5-9(2)10(3)15(7-8)13-14-6-11(18-13)12(16)17-4/h6,8-10H,5,7H2,1-4H3. The first-order valence-corrected chi connectivity index (χ1v) is 7.15. The van der Waals surface area contributed by atoms with E-state index < -0.39 is 0 Å². The largest absolute Gasteiger partial charge is 0.465 e. The van der Waals surface area contributed by atoms with Crippen molar-refractivity contribution in [1.29, 1.82) is 0 Å². The quantitative estimate of drug-likeness (QED) is 0.774. The van der Waals surface area contributed by atoms with Crippen LogP contribution in [0.3, 0.4) is 0 Å². The molecule has 0 aromatic carbocycles. The maximum Gasteiger partial charge on any atom is 0.349 e. The first-order valence-electron chi connectivity index (χ1n) is 6.33. The van der Waals surface area contributed by atoms with E-state index in [0.717, 1.165) is 11.7 Å². The summed E-state index contributed by atoms with van der Waals surface area (Å²) >= 11 is 1.42. The number of nitrogens with zero attached hydrogens (tertiary/aromatic N) is 2. The van der Waals surface area contributed by atoms with Crippen LogP contribution in [0.15, 0.2) is 6.20 Å². The third-order valence-corrected chi connectivity index (χ3v) is 4.74. The van der Waals surface area contributed by atoms with Crippen LogP contribution < -0.4 is 4.90 Å². The summed E-state index contributed by atoms with van der Waals surface area (Å²) in [5, 5.41) is 0.932. The SMILES string of the molecule is COC(=O)c1cnc(N2CC(C)CC(C)C2C)s1. The average molecular weight is 268 g/mol. The van der Waals surface area contributed by atoms with Gasteiger partial charge in [-0.1, -0.05) is 25.2 Å². The molecule has 18 heavy (non-hydrogen) atoms. The zero-order valence-electron chi connectivity index (χ0n) is 11.3. The number of ether oxygens (including phenoxy) is 1. The molecular weight excluding hydrogens is 248 g/mol. The maximum absolute atomic E-state index is 11.4. The van der Waals surface area contributed by atoms with Crippen molar-refractivity contribution in [3.05, 3.63) is 11.1 Å². The molecule has 2 rings (SSSR count). The van der Waals surface area contributed by atoms with E-state index in [2.05, 4.69) is 30.7 Å². The van der Waals surface area contributed by atoms with E-state index in [1.807, 2.05) is 0 Å². The number of anilines is 1. The smallest absolute Gasteiger partial charge is 0.349 e. The van der Waals surface area contributed by atoms with Crippen molar-refractivity contribution in [2.45, 2.75) is 33.2 Å². The van der Waals surface area contributed by atoms with Gasteiger partial charge >= 0.3 is 5.97 Å². The normalized spacial score (nSPS) is 28.2. The molecule has 0 bridgehead atoms. The minimum Gasteiger partial charge on any atom is -0.465 e. The highest BCUT2D eigenvalue weighted by molar-refractivity contribution is 7.17. The second-order valence-electron chi connectivity index (χ2n) is 5.21. The molecule has 100 valence electrons. The molecule has 1 aliphatic rings. The topological polar surface area (TPSA) is 42.4 Å². The number of aromatic nitrogens is 1. The van der Waals surface area contributed by atoms with Crippen LogP contribution in [0.25, 0.3) is 0 Å². The van der Waals surface area contributed by atoms with Gasteiger partial charge < -0.3 is 9.64 Å². The third kappa shape index (κ3) is 2.51. The Balaban J connectivity index is 2.19. The van der Waals surface area contributed by atoms with E-state index in [-0.39, 0.29) is 5.97 Å². The number of rotatable bonds is 2. The molecule has 4 nitrogen and oxygen atoms in total. The lowest BCUT2D eigenvalue weighted by atomic mass is 9.86. The molecule has 2 heterocycles. The molecule has 1 aliphatic heterocycles. The molecule has 0 saturated carbocycles. The molecule has 3 unspecified atom stereocenters. The number of carbonyl (C=O) groups is 1. The predicted molar refractivity (Wildman–Crippen MR) is 73.2 cm³/mol. The fourth-order valence-corrected chi connectivity index (χ4v) is 3.49. The Bertz CT molecular complexity index is 432. The van der Waals surface area contributed by atoms with Gasteiger partial charge in [0, 0.05) is 12.6 Å². The van der Waals surface area contributed by atoms with Crippen LogP contribution in [0.5, 0.6) is 0 Å². The number of methoxy groups -OCH3 is 1. The van der Waals surface area contributed by atoms with E-state index in [0.29, 0.717) is 22.8 Å². The highest BCUT2D eigenvalue weighted by Gasteiger charge is 2.30. The summed E-state index contributed by atoms with van der Waals surface area (Å²) in [4.78, 5) is 18.7. The Morgan fingerprint density at radius 2 is 2.22 bits per heavy atom. The average Bonchev–Trinajstić information content (AvgIpc) is 2.82. The predicted octanol–water partition coefficient (Wildman–Crippen LogP) is 2.80. The number of piperidine rings is 1. The van der Waals surface area contributed by atoms with Crippen LogP contribution in [-0.2, 0) is 4.74 Å². The van der Waals surface area contributed by atoms with Crippen LogP contribution in [-0.4, -0.2) is 30.6 Å². The molecule has 1 fully saturated rings. The summed E-state index contributed by atoms with van der Waals surface area (Å²) in [5.41, 5.74) is 0. The fraction of sp³-hybridized carbons (Fsp3) is 0.692. The Hall–Kier alpha value is -1.10. The molecule has 1 aromatic heterocycles. The summed E-state index contributed by atoms with van der Waals surface area (Å²) in [7, 11) is 1.40. The molecule has 0 aliphatic carbocycles. The number of carbonyl (C=O) groups excluding carboxylic acids is 1. The van der Waals surface area contributed by atoms with Crippen LogP contribution in [0.4, 0.5) is 5.13 Å². The second kappa shape index (κ2) is 5.26. The number of esters is 1. The van der Waals surface area contributed by atoms with Crippen molar-refractivity contribution < 1.29 is 9.53 Å².